The van der Waals surface area contributed by atoms with Crippen molar-refractivity contribution in [3.05, 3.63) is 0 Å². The summed E-state index contributed by atoms with van der Waals surface area (Å²) in [4.78, 5) is 14.1. The Labute approximate surface area is 109 Å². The van der Waals surface area contributed by atoms with Crippen LogP contribution < -0.4 is 11.1 Å². The number of nitrogens with two attached hydrogens (primary N) is 1. The van der Waals surface area contributed by atoms with Crippen molar-refractivity contribution in [2.24, 2.45) is 5.73 Å². The van der Waals surface area contributed by atoms with Gasteiger partial charge in [0.1, 0.15) is 6.04 Å². The van der Waals surface area contributed by atoms with Crippen LogP contribution in [0.2, 0.25) is 0 Å². The molecule has 3 N–H and O–H groups in total. The molecule has 0 saturated carbocycles. The summed E-state index contributed by atoms with van der Waals surface area (Å²) in [6.07, 6.45) is 0. The van der Waals surface area contributed by atoms with E-state index in [1.54, 1.807) is 0 Å². The Morgan fingerprint density at radius 3 is 2.61 bits per heavy atom. The second kappa shape index (κ2) is 7.68. The Bertz CT molecular complexity index is 257. The van der Waals surface area contributed by atoms with E-state index in [0.717, 1.165) is 26.3 Å². The van der Waals surface area contributed by atoms with Crippen molar-refractivity contribution in [2.75, 3.05) is 40.0 Å². The normalized spacial score (nSPS) is 22.2. The molecule has 6 nitrogen and oxygen atoms in total. The number of methoxy groups -OCH3 is 1. The van der Waals surface area contributed by atoms with Crippen molar-refractivity contribution in [3.63, 3.8) is 0 Å². The molecule has 1 fully saturated rings. The van der Waals surface area contributed by atoms with Crippen molar-refractivity contribution in [2.45, 2.75) is 32.0 Å². The van der Waals surface area contributed by atoms with E-state index in [1.165, 1.54) is 7.11 Å². The number of morpholine rings is 1. The van der Waals surface area contributed by atoms with Gasteiger partial charge >= 0.3 is 0 Å². The molecule has 1 aliphatic rings. The second-order valence-electron chi connectivity index (χ2n) is 4.75. The molecule has 0 bridgehead atoms. The number of nitrogens with zero attached hydrogens (tertiary/aromatic N) is 1. The van der Waals surface area contributed by atoms with Crippen LogP contribution in [0.4, 0.5) is 0 Å². The Kier molecular flexibility index (Phi) is 6.56. The number of amides is 1. The first-order chi connectivity index (χ1) is 8.56. The van der Waals surface area contributed by atoms with Crippen LogP contribution in [-0.2, 0) is 14.3 Å². The van der Waals surface area contributed by atoms with Gasteiger partial charge in [0, 0.05) is 32.3 Å². The molecular weight excluding hydrogens is 234 g/mol. The molecule has 0 aliphatic carbocycles. The van der Waals surface area contributed by atoms with E-state index in [2.05, 4.69) is 17.1 Å². The monoisotopic (exact) mass is 259 g/mol. The van der Waals surface area contributed by atoms with Gasteiger partial charge in [-0.2, -0.15) is 0 Å². The van der Waals surface area contributed by atoms with Gasteiger partial charge in [-0.05, 0) is 13.8 Å². The van der Waals surface area contributed by atoms with Crippen molar-refractivity contribution < 1.29 is 14.3 Å². The first-order valence-electron chi connectivity index (χ1n) is 6.43. The summed E-state index contributed by atoms with van der Waals surface area (Å²) < 4.78 is 10.2. The van der Waals surface area contributed by atoms with Gasteiger partial charge in [-0.3, -0.25) is 9.69 Å². The zero-order valence-corrected chi connectivity index (χ0v) is 11.5. The maximum atomic E-state index is 11.8. The average molecular weight is 259 g/mol. The molecule has 0 aromatic rings. The highest BCUT2D eigenvalue weighted by Crippen LogP contribution is 2.07. The van der Waals surface area contributed by atoms with E-state index in [0.29, 0.717) is 0 Å². The fraction of sp³-hybridized carbons (Fsp3) is 0.917. The number of ether oxygens (including phenoxy) is 2. The molecule has 1 heterocycles. The standard InChI is InChI=1S/C12H25N3O3/c1-9(14-12(16)11(13)8-17-3)10(2)15-4-6-18-7-5-15/h9-11H,4-8,13H2,1-3H3,(H,14,16). The Hall–Kier alpha value is -0.690. The maximum Gasteiger partial charge on any atom is 0.239 e. The highest BCUT2D eigenvalue weighted by atomic mass is 16.5. The van der Waals surface area contributed by atoms with Crippen LogP contribution in [0.1, 0.15) is 13.8 Å². The Balaban J connectivity index is 2.38. The minimum absolute atomic E-state index is 0.0542. The van der Waals surface area contributed by atoms with Crippen LogP contribution in [-0.4, -0.2) is 69.0 Å². The number of rotatable bonds is 6. The predicted molar refractivity (Wildman–Crippen MR) is 69.3 cm³/mol. The SMILES string of the molecule is COCC(N)C(=O)NC(C)C(C)N1CCOCC1. The molecule has 3 unspecified atom stereocenters. The molecule has 18 heavy (non-hydrogen) atoms. The molecule has 1 aliphatic heterocycles. The van der Waals surface area contributed by atoms with Gasteiger partial charge in [0.2, 0.25) is 5.91 Å². The topological polar surface area (TPSA) is 76.8 Å². The Morgan fingerprint density at radius 2 is 2.06 bits per heavy atom. The molecule has 1 rings (SSSR count). The van der Waals surface area contributed by atoms with Gasteiger partial charge in [0.05, 0.1) is 19.8 Å². The van der Waals surface area contributed by atoms with Gasteiger partial charge in [0.25, 0.3) is 0 Å². The summed E-state index contributed by atoms with van der Waals surface area (Å²) in [5.74, 6) is -0.163. The zero-order chi connectivity index (χ0) is 13.5. The van der Waals surface area contributed by atoms with Crippen molar-refractivity contribution >= 4 is 5.91 Å². The third kappa shape index (κ3) is 4.53. The van der Waals surface area contributed by atoms with Crippen LogP contribution in [0.25, 0.3) is 0 Å². The van der Waals surface area contributed by atoms with E-state index in [9.17, 15) is 4.79 Å². The molecule has 1 saturated heterocycles. The van der Waals surface area contributed by atoms with E-state index >= 15 is 0 Å². The lowest BCUT2D eigenvalue weighted by atomic mass is 10.1. The van der Waals surface area contributed by atoms with Gasteiger partial charge < -0.3 is 20.5 Å². The Morgan fingerprint density at radius 1 is 1.44 bits per heavy atom. The van der Waals surface area contributed by atoms with Gasteiger partial charge in [-0.15, -0.1) is 0 Å². The van der Waals surface area contributed by atoms with E-state index in [4.69, 9.17) is 15.2 Å². The summed E-state index contributed by atoms with van der Waals surface area (Å²) in [5.41, 5.74) is 5.68. The largest absolute Gasteiger partial charge is 0.383 e. The minimum atomic E-state index is -0.602. The smallest absolute Gasteiger partial charge is 0.239 e. The van der Waals surface area contributed by atoms with E-state index in [-0.39, 0.29) is 24.6 Å². The molecule has 6 heteroatoms. The molecule has 0 aromatic carbocycles. The summed E-state index contributed by atoms with van der Waals surface area (Å²) in [6, 6.07) is -0.277. The molecule has 106 valence electrons. The summed E-state index contributed by atoms with van der Waals surface area (Å²) in [6.45, 7) is 7.68. The third-order valence-electron chi connectivity index (χ3n) is 3.40. The number of nitrogens with one attached hydrogen (secondary N) is 1. The van der Waals surface area contributed by atoms with Crippen LogP contribution in [0.15, 0.2) is 0 Å². The lowest BCUT2D eigenvalue weighted by Crippen LogP contribution is -2.55. The van der Waals surface area contributed by atoms with Crippen molar-refractivity contribution in [1.29, 1.82) is 0 Å². The third-order valence-corrected chi connectivity index (χ3v) is 3.40. The zero-order valence-electron chi connectivity index (χ0n) is 11.5. The highest BCUT2D eigenvalue weighted by Gasteiger charge is 2.24. The van der Waals surface area contributed by atoms with Gasteiger partial charge in [-0.1, -0.05) is 0 Å². The van der Waals surface area contributed by atoms with E-state index in [1.807, 2.05) is 6.92 Å². The molecule has 0 aromatic heterocycles. The van der Waals surface area contributed by atoms with Crippen LogP contribution in [0.3, 0.4) is 0 Å². The van der Waals surface area contributed by atoms with Gasteiger partial charge in [-0.25, -0.2) is 0 Å². The summed E-state index contributed by atoms with van der Waals surface area (Å²) >= 11 is 0. The minimum Gasteiger partial charge on any atom is -0.383 e. The predicted octanol–water partition coefficient (Wildman–Crippen LogP) is -0.814. The summed E-state index contributed by atoms with van der Waals surface area (Å²) in [5, 5.41) is 2.94. The molecule has 0 spiro atoms. The second-order valence-corrected chi connectivity index (χ2v) is 4.75. The first kappa shape index (κ1) is 15.4. The molecular formula is C12H25N3O3. The van der Waals surface area contributed by atoms with Gasteiger partial charge in [0.15, 0.2) is 0 Å². The number of carbonyl (C=O) groups excluding carboxylic acids is 1. The average Bonchev–Trinajstić information content (AvgIpc) is 2.39. The number of hydrogen-bond acceptors (Lipinski definition) is 5. The van der Waals surface area contributed by atoms with Crippen LogP contribution in [0, 0.1) is 0 Å². The quantitative estimate of drug-likeness (QED) is 0.652. The molecule has 3 atom stereocenters. The molecule has 0 radical (unpaired) electrons. The van der Waals surface area contributed by atoms with Crippen LogP contribution in [0.5, 0.6) is 0 Å². The van der Waals surface area contributed by atoms with E-state index < -0.39 is 6.04 Å². The molecule has 1 amide bonds. The fourth-order valence-corrected chi connectivity index (χ4v) is 2.01. The van der Waals surface area contributed by atoms with Crippen molar-refractivity contribution in [3.8, 4) is 0 Å². The number of hydrogen-bond donors (Lipinski definition) is 2. The fourth-order valence-electron chi connectivity index (χ4n) is 2.01. The number of carbonyl (C=O) groups is 1. The van der Waals surface area contributed by atoms with Crippen LogP contribution >= 0.6 is 0 Å². The van der Waals surface area contributed by atoms with Crippen molar-refractivity contribution in [1.82, 2.24) is 10.2 Å². The maximum absolute atomic E-state index is 11.8. The lowest BCUT2D eigenvalue weighted by molar-refractivity contribution is -0.124. The first-order valence-corrected chi connectivity index (χ1v) is 6.43. The lowest BCUT2D eigenvalue weighted by Gasteiger charge is -2.36. The summed E-state index contributed by atoms with van der Waals surface area (Å²) in [7, 11) is 1.53. The highest BCUT2D eigenvalue weighted by molar-refractivity contribution is 5.81.